The average molecular weight is 637 g/mol. The van der Waals surface area contributed by atoms with Crippen molar-refractivity contribution in [1.29, 1.82) is 0 Å². The molecule has 0 heterocycles. The molecular formula is C21H16Cl2I2N2O. The Hall–Kier alpha value is -1.03. The summed E-state index contributed by atoms with van der Waals surface area (Å²) < 4.78 is 8.05. The molecule has 0 aliphatic heterocycles. The fourth-order valence-corrected chi connectivity index (χ4v) is 4.97. The van der Waals surface area contributed by atoms with Crippen molar-refractivity contribution in [3.63, 3.8) is 0 Å². The number of hydrogen-bond donors (Lipinski definition) is 1. The minimum atomic E-state index is 0.429. The van der Waals surface area contributed by atoms with E-state index in [-0.39, 0.29) is 0 Å². The summed E-state index contributed by atoms with van der Waals surface area (Å²) in [5.74, 6) is 0.849. The van der Waals surface area contributed by atoms with Gasteiger partial charge < -0.3 is 10.2 Å². The first-order valence-electron chi connectivity index (χ1n) is 8.39. The molecule has 144 valence electrons. The van der Waals surface area contributed by atoms with Crippen LogP contribution in [-0.2, 0) is 13.2 Å². The second-order valence-electron chi connectivity index (χ2n) is 5.88. The predicted molar refractivity (Wildman–Crippen MR) is 134 cm³/mol. The maximum Gasteiger partial charge on any atom is 0.146 e. The lowest BCUT2D eigenvalue weighted by Gasteiger charge is -2.12. The topological polar surface area (TPSA) is 33.6 Å². The van der Waals surface area contributed by atoms with Crippen LogP contribution in [0.15, 0.2) is 65.8 Å². The van der Waals surface area contributed by atoms with Gasteiger partial charge in [-0.3, -0.25) is 0 Å². The van der Waals surface area contributed by atoms with Gasteiger partial charge >= 0.3 is 0 Å². The zero-order valence-corrected chi connectivity index (χ0v) is 20.5. The zero-order valence-electron chi connectivity index (χ0n) is 14.6. The zero-order chi connectivity index (χ0) is 19.9. The van der Waals surface area contributed by atoms with Gasteiger partial charge in [0.15, 0.2) is 0 Å². The van der Waals surface area contributed by atoms with Gasteiger partial charge in [0.25, 0.3) is 0 Å². The maximum atomic E-state index is 6.20. The lowest BCUT2D eigenvalue weighted by molar-refractivity contribution is 0.302. The Morgan fingerprint density at radius 1 is 0.893 bits per heavy atom. The Morgan fingerprint density at radius 3 is 2.07 bits per heavy atom. The van der Waals surface area contributed by atoms with E-state index in [1.54, 1.807) is 6.21 Å². The van der Waals surface area contributed by atoms with Crippen LogP contribution in [-0.4, -0.2) is 6.21 Å². The fourth-order valence-electron chi connectivity index (χ4n) is 2.45. The summed E-state index contributed by atoms with van der Waals surface area (Å²) in [6.07, 6.45) is 1.79. The molecule has 0 saturated carbocycles. The number of hydrogen-bond acceptors (Lipinski definition) is 3. The van der Waals surface area contributed by atoms with Crippen LogP contribution in [0.5, 0.6) is 5.75 Å². The van der Waals surface area contributed by atoms with E-state index < -0.39 is 0 Å². The van der Waals surface area contributed by atoms with Gasteiger partial charge in [0.2, 0.25) is 0 Å². The summed E-state index contributed by atoms with van der Waals surface area (Å²) in [6.45, 7) is 1.00. The van der Waals surface area contributed by atoms with Crippen molar-refractivity contribution in [2.45, 2.75) is 13.2 Å². The highest BCUT2D eigenvalue weighted by Crippen LogP contribution is 2.30. The van der Waals surface area contributed by atoms with Crippen LogP contribution in [0.2, 0.25) is 10.0 Å². The molecular weight excluding hydrogens is 621 g/mol. The van der Waals surface area contributed by atoms with Crippen LogP contribution >= 0.6 is 68.4 Å². The van der Waals surface area contributed by atoms with Crippen molar-refractivity contribution in [2.75, 3.05) is 0 Å². The van der Waals surface area contributed by atoms with Gasteiger partial charge in [-0.05, 0) is 80.6 Å². The molecule has 0 amide bonds. The number of halogens is 4. The van der Waals surface area contributed by atoms with E-state index in [1.807, 2.05) is 60.7 Å². The minimum Gasteiger partial charge on any atom is -0.487 e. The molecule has 0 saturated heterocycles. The number of hydrazone groups is 1. The van der Waals surface area contributed by atoms with Crippen molar-refractivity contribution in [1.82, 2.24) is 5.43 Å². The molecule has 3 rings (SSSR count). The Bertz CT molecular complexity index is 973. The van der Waals surface area contributed by atoms with Crippen LogP contribution in [0.4, 0.5) is 0 Å². The highest BCUT2D eigenvalue weighted by Gasteiger charge is 2.10. The summed E-state index contributed by atoms with van der Waals surface area (Å²) in [4.78, 5) is 0. The van der Waals surface area contributed by atoms with E-state index in [2.05, 4.69) is 55.7 Å². The molecule has 0 unspecified atom stereocenters. The Morgan fingerprint density at radius 2 is 1.46 bits per heavy atom. The second-order valence-corrected chi connectivity index (χ2v) is 9.02. The number of nitrogens with zero attached hydrogens (tertiary/aromatic N) is 1. The molecule has 1 N–H and O–H groups in total. The Kier molecular flexibility index (Phi) is 8.25. The summed E-state index contributed by atoms with van der Waals surface area (Å²) in [6, 6.07) is 19.5. The van der Waals surface area contributed by atoms with Gasteiger partial charge in [-0.15, -0.1) is 0 Å². The highest BCUT2D eigenvalue weighted by molar-refractivity contribution is 14.1. The molecule has 0 fully saturated rings. The quantitative estimate of drug-likeness (QED) is 0.174. The molecule has 0 spiro atoms. The van der Waals surface area contributed by atoms with Crippen LogP contribution in [0.3, 0.4) is 0 Å². The van der Waals surface area contributed by atoms with E-state index in [9.17, 15) is 0 Å². The van der Waals surface area contributed by atoms with E-state index >= 15 is 0 Å². The van der Waals surface area contributed by atoms with Gasteiger partial charge in [0, 0.05) is 15.6 Å². The van der Waals surface area contributed by atoms with Crippen molar-refractivity contribution in [2.24, 2.45) is 5.10 Å². The SMILES string of the molecule is Clc1ccccc1CN/N=C\c1cc(I)c(OCc2ccccc2Cl)c(I)c1. The molecule has 0 aliphatic carbocycles. The van der Waals surface area contributed by atoms with Gasteiger partial charge in [-0.2, -0.15) is 5.10 Å². The molecule has 0 radical (unpaired) electrons. The molecule has 0 aromatic heterocycles. The third-order valence-electron chi connectivity index (χ3n) is 3.88. The molecule has 28 heavy (non-hydrogen) atoms. The molecule has 3 aromatic rings. The predicted octanol–water partition coefficient (Wildman–Crippen LogP) is 6.91. The summed E-state index contributed by atoms with van der Waals surface area (Å²) in [7, 11) is 0. The van der Waals surface area contributed by atoms with Crippen LogP contribution in [0.1, 0.15) is 16.7 Å². The average Bonchev–Trinajstić information content (AvgIpc) is 2.67. The van der Waals surface area contributed by atoms with E-state index in [0.29, 0.717) is 18.2 Å². The minimum absolute atomic E-state index is 0.429. The molecule has 7 heteroatoms. The molecule has 0 aliphatic rings. The first kappa shape index (κ1) is 21.7. The standard InChI is InChI=1S/C21H16Cl2I2N2O/c22-17-7-3-1-5-15(17)12-27-26-11-14-9-19(24)21(20(25)10-14)28-13-16-6-2-4-8-18(16)23/h1-11,27H,12-13H2/b26-11-. The largest absolute Gasteiger partial charge is 0.487 e. The van der Waals surface area contributed by atoms with Crippen molar-refractivity contribution in [3.8, 4) is 5.75 Å². The van der Waals surface area contributed by atoms with Gasteiger partial charge in [-0.1, -0.05) is 59.6 Å². The van der Waals surface area contributed by atoms with Crippen molar-refractivity contribution < 1.29 is 4.74 Å². The molecule has 3 nitrogen and oxygen atoms in total. The van der Waals surface area contributed by atoms with Crippen molar-refractivity contribution >= 4 is 74.6 Å². The lowest BCUT2D eigenvalue weighted by atomic mass is 10.2. The van der Waals surface area contributed by atoms with E-state index in [1.165, 1.54) is 0 Å². The monoisotopic (exact) mass is 636 g/mol. The summed E-state index contributed by atoms with van der Waals surface area (Å²) in [5, 5.41) is 5.74. The summed E-state index contributed by atoms with van der Waals surface area (Å²) in [5.41, 5.74) is 5.99. The fraction of sp³-hybridized carbons (Fsp3) is 0.0952. The third kappa shape index (κ3) is 5.98. The Labute approximate surface area is 201 Å². The normalized spacial score (nSPS) is 11.0. The molecule has 3 aromatic carbocycles. The van der Waals surface area contributed by atoms with Gasteiger partial charge in [0.05, 0.1) is 19.9 Å². The smallest absolute Gasteiger partial charge is 0.146 e. The molecule has 0 atom stereocenters. The Balaban J connectivity index is 1.63. The first-order valence-corrected chi connectivity index (χ1v) is 11.3. The lowest BCUT2D eigenvalue weighted by Crippen LogP contribution is -2.06. The first-order chi connectivity index (χ1) is 13.5. The number of nitrogens with one attached hydrogen (secondary N) is 1. The second kappa shape index (κ2) is 10.7. The van der Waals surface area contributed by atoms with Crippen LogP contribution in [0, 0.1) is 7.14 Å². The van der Waals surface area contributed by atoms with Crippen LogP contribution < -0.4 is 10.2 Å². The van der Waals surface area contributed by atoms with Crippen molar-refractivity contribution in [3.05, 3.63) is 94.5 Å². The number of rotatable bonds is 7. The highest BCUT2D eigenvalue weighted by atomic mass is 127. The maximum absolute atomic E-state index is 6.20. The summed E-state index contributed by atoms with van der Waals surface area (Å²) >= 11 is 16.9. The van der Waals surface area contributed by atoms with E-state index in [4.69, 9.17) is 27.9 Å². The molecule has 0 bridgehead atoms. The van der Waals surface area contributed by atoms with Crippen LogP contribution in [0.25, 0.3) is 0 Å². The third-order valence-corrected chi connectivity index (χ3v) is 6.22. The van der Waals surface area contributed by atoms with Gasteiger partial charge in [-0.25, -0.2) is 0 Å². The number of benzene rings is 3. The van der Waals surface area contributed by atoms with Gasteiger partial charge in [0.1, 0.15) is 12.4 Å². The van der Waals surface area contributed by atoms with E-state index in [0.717, 1.165) is 34.6 Å². The number of ether oxygens (including phenoxy) is 1.